The Balaban J connectivity index is 2.53. The van der Waals surface area contributed by atoms with Crippen molar-refractivity contribution in [1.82, 2.24) is 0 Å². The fourth-order valence-electron chi connectivity index (χ4n) is 1.81. The molecule has 1 N–H and O–H groups in total. The standard InChI is InChI=1S/C11H15ClN2/c1-7-6-13-11-8(2)9(12)4-5-10(11)14(7)3/h4-5,7,13H,6H2,1-3H3. The van der Waals surface area contributed by atoms with E-state index in [1.807, 2.05) is 6.07 Å². The summed E-state index contributed by atoms with van der Waals surface area (Å²) in [6.45, 7) is 5.24. The van der Waals surface area contributed by atoms with Gasteiger partial charge in [-0.25, -0.2) is 0 Å². The Morgan fingerprint density at radius 2 is 2.21 bits per heavy atom. The molecule has 0 aliphatic carbocycles. The van der Waals surface area contributed by atoms with Gasteiger partial charge in [0.15, 0.2) is 0 Å². The van der Waals surface area contributed by atoms with Gasteiger partial charge >= 0.3 is 0 Å². The van der Waals surface area contributed by atoms with Crippen molar-refractivity contribution in [3.05, 3.63) is 22.7 Å². The summed E-state index contributed by atoms with van der Waals surface area (Å²) >= 11 is 6.07. The number of likely N-dealkylation sites (N-methyl/N-ethyl adjacent to an activating group) is 1. The first kappa shape index (κ1) is 9.66. The zero-order chi connectivity index (χ0) is 10.3. The third kappa shape index (κ3) is 1.34. The average molecular weight is 211 g/mol. The van der Waals surface area contributed by atoms with Crippen molar-refractivity contribution in [1.29, 1.82) is 0 Å². The van der Waals surface area contributed by atoms with Gasteiger partial charge in [0.05, 0.1) is 11.4 Å². The lowest BCUT2D eigenvalue weighted by Gasteiger charge is -2.35. The quantitative estimate of drug-likeness (QED) is 0.709. The van der Waals surface area contributed by atoms with Gasteiger partial charge in [-0.05, 0) is 31.5 Å². The van der Waals surface area contributed by atoms with Crippen LogP contribution in [0.4, 0.5) is 11.4 Å². The molecule has 0 fully saturated rings. The topological polar surface area (TPSA) is 15.3 Å². The largest absolute Gasteiger partial charge is 0.381 e. The molecule has 1 aromatic carbocycles. The highest BCUT2D eigenvalue weighted by atomic mass is 35.5. The van der Waals surface area contributed by atoms with Crippen LogP contribution in [-0.2, 0) is 0 Å². The molecule has 0 amide bonds. The van der Waals surface area contributed by atoms with Crippen LogP contribution in [-0.4, -0.2) is 19.6 Å². The van der Waals surface area contributed by atoms with Gasteiger partial charge in [0.1, 0.15) is 0 Å². The second kappa shape index (κ2) is 3.35. The summed E-state index contributed by atoms with van der Waals surface area (Å²) in [5.41, 5.74) is 3.56. The normalized spacial score (nSPS) is 20.3. The Kier molecular flexibility index (Phi) is 2.31. The van der Waals surface area contributed by atoms with Crippen LogP contribution in [0, 0.1) is 6.92 Å². The van der Waals surface area contributed by atoms with E-state index in [1.165, 1.54) is 11.4 Å². The molecule has 0 saturated carbocycles. The number of nitrogens with one attached hydrogen (secondary N) is 1. The van der Waals surface area contributed by atoms with E-state index in [2.05, 4.69) is 37.2 Å². The van der Waals surface area contributed by atoms with Gasteiger partial charge < -0.3 is 10.2 Å². The summed E-state index contributed by atoms with van der Waals surface area (Å²) in [4.78, 5) is 2.29. The smallest absolute Gasteiger partial charge is 0.0623 e. The Morgan fingerprint density at radius 3 is 2.93 bits per heavy atom. The van der Waals surface area contributed by atoms with Crippen LogP contribution in [0.3, 0.4) is 0 Å². The maximum Gasteiger partial charge on any atom is 0.0623 e. The summed E-state index contributed by atoms with van der Waals surface area (Å²) in [5, 5.41) is 4.26. The van der Waals surface area contributed by atoms with Crippen molar-refractivity contribution in [3.63, 3.8) is 0 Å². The fraction of sp³-hybridized carbons (Fsp3) is 0.455. The molecule has 1 aliphatic rings. The monoisotopic (exact) mass is 210 g/mol. The van der Waals surface area contributed by atoms with Gasteiger partial charge in [-0.1, -0.05) is 11.6 Å². The van der Waals surface area contributed by atoms with E-state index in [9.17, 15) is 0 Å². The molecule has 1 atom stereocenters. The van der Waals surface area contributed by atoms with Crippen LogP contribution in [0.2, 0.25) is 5.02 Å². The number of benzene rings is 1. The number of anilines is 2. The Hall–Kier alpha value is -0.890. The van der Waals surface area contributed by atoms with Crippen LogP contribution < -0.4 is 10.2 Å². The van der Waals surface area contributed by atoms with E-state index < -0.39 is 0 Å². The fourth-order valence-corrected chi connectivity index (χ4v) is 1.97. The molecule has 0 saturated heterocycles. The summed E-state index contributed by atoms with van der Waals surface area (Å²) in [7, 11) is 2.12. The molecule has 2 rings (SSSR count). The SMILES string of the molecule is Cc1c(Cl)ccc2c1NCC(C)N2C. The first-order valence-electron chi connectivity index (χ1n) is 4.87. The predicted octanol–water partition coefficient (Wildman–Crippen LogP) is 2.90. The van der Waals surface area contributed by atoms with Crippen LogP contribution in [0.15, 0.2) is 12.1 Å². The highest BCUT2D eigenvalue weighted by Crippen LogP contribution is 2.36. The van der Waals surface area contributed by atoms with Gasteiger partial charge in [-0.3, -0.25) is 0 Å². The zero-order valence-corrected chi connectivity index (χ0v) is 9.52. The van der Waals surface area contributed by atoms with Crippen LogP contribution in [0.5, 0.6) is 0 Å². The lowest BCUT2D eigenvalue weighted by Crippen LogP contribution is -2.39. The molecule has 76 valence electrons. The van der Waals surface area contributed by atoms with Crippen molar-refractivity contribution in [2.24, 2.45) is 0 Å². The molecule has 3 heteroatoms. The molecule has 1 heterocycles. The third-order valence-corrected chi connectivity index (χ3v) is 3.40. The number of nitrogens with zero attached hydrogens (tertiary/aromatic N) is 1. The molecule has 0 radical (unpaired) electrons. The van der Waals surface area contributed by atoms with Crippen molar-refractivity contribution in [2.75, 3.05) is 23.8 Å². The van der Waals surface area contributed by atoms with E-state index in [4.69, 9.17) is 11.6 Å². The van der Waals surface area contributed by atoms with Crippen molar-refractivity contribution >= 4 is 23.0 Å². The second-order valence-electron chi connectivity index (χ2n) is 3.91. The van der Waals surface area contributed by atoms with Crippen molar-refractivity contribution in [2.45, 2.75) is 19.9 Å². The number of rotatable bonds is 0. The molecule has 0 spiro atoms. The third-order valence-electron chi connectivity index (χ3n) is 2.99. The molecule has 0 bridgehead atoms. The van der Waals surface area contributed by atoms with Gasteiger partial charge in [0.2, 0.25) is 0 Å². The van der Waals surface area contributed by atoms with Gasteiger partial charge in [0.25, 0.3) is 0 Å². The van der Waals surface area contributed by atoms with Crippen LogP contribution in [0.1, 0.15) is 12.5 Å². The second-order valence-corrected chi connectivity index (χ2v) is 4.31. The zero-order valence-electron chi connectivity index (χ0n) is 8.76. The van der Waals surface area contributed by atoms with E-state index >= 15 is 0 Å². The van der Waals surface area contributed by atoms with Gasteiger partial charge in [0, 0.05) is 24.7 Å². The van der Waals surface area contributed by atoms with Gasteiger partial charge in [-0.2, -0.15) is 0 Å². The van der Waals surface area contributed by atoms with Gasteiger partial charge in [-0.15, -0.1) is 0 Å². The minimum absolute atomic E-state index is 0.531. The Bertz CT molecular complexity index is 363. The lowest BCUT2D eigenvalue weighted by molar-refractivity contribution is 0.698. The molecule has 14 heavy (non-hydrogen) atoms. The molecular weight excluding hydrogens is 196 g/mol. The van der Waals surface area contributed by atoms with E-state index in [0.717, 1.165) is 17.1 Å². The minimum atomic E-state index is 0.531. The first-order valence-corrected chi connectivity index (χ1v) is 5.25. The predicted molar refractivity (Wildman–Crippen MR) is 62.5 cm³/mol. The number of halogens is 1. The number of hydrogen-bond acceptors (Lipinski definition) is 2. The molecule has 0 aromatic heterocycles. The molecule has 1 unspecified atom stereocenters. The lowest BCUT2D eigenvalue weighted by atomic mass is 10.1. The van der Waals surface area contributed by atoms with E-state index in [1.54, 1.807) is 0 Å². The maximum absolute atomic E-state index is 6.07. The summed E-state index contributed by atoms with van der Waals surface area (Å²) in [6.07, 6.45) is 0. The van der Waals surface area contributed by atoms with Crippen molar-refractivity contribution in [3.8, 4) is 0 Å². The molecule has 2 nitrogen and oxygen atoms in total. The van der Waals surface area contributed by atoms with E-state index in [-0.39, 0.29) is 0 Å². The Labute approximate surface area is 89.9 Å². The maximum atomic E-state index is 6.07. The van der Waals surface area contributed by atoms with Crippen LogP contribution in [0.25, 0.3) is 0 Å². The summed E-state index contributed by atoms with van der Waals surface area (Å²) in [5.74, 6) is 0. The Morgan fingerprint density at radius 1 is 1.50 bits per heavy atom. The minimum Gasteiger partial charge on any atom is -0.381 e. The molecule has 1 aromatic rings. The molecule has 1 aliphatic heterocycles. The van der Waals surface area contributed by atoms with Crippen molar-refractivity contribution < 1.29 is 0 Å². The number of hydrogen-bond donors (Lipinski definition) is 1. The number of fused-ring (bicyclic) bond motifs is 1. The highest BCUT2D eigenvalue weighted by molar-refractivity contribution is 6.32. The van der Waals surface area contributed by atoms with E-state index in [0.29, 0.717) is 6.04 Å². The van der Waals surface area contributed by atoms with Crippen LogP contribution >= 0.6 is 11.6 Å². The highest BCUT2D eigenvalue weighted by Gasteiger charge is 2.21. The average Bonchev–Trinajstić information content (AvgIpc) is 2.17. The summed E-state index contributed by atoms with van der Waals surface area (Å²) < 4.78 is 0. The first-order chi connectivity index (χ1) is 6.61. The summed E-state index contributed by atoms with van der Waals surface area (Å²) in [6, 6.07) is 4.57. The molecular formula is C11H15ClN2.